The van der Waals surface area contributed by atoms with E-state index in [2.05, 4.69) is 9.88 Å². The quantitative estimate of drug-likeness (QED) is 0.467. The molecule has 1 saturated heterocycles. The van der Waals surface area contributed by atoms with Crippen molar-refractivity contribution in [1.82, 2.24) is 9.88 Å². The molecule has 4 aromatic rings. The summed E-state index contributed by atoms with van der Waals surface area (Å²) in [5, 5.41) is 1.16. The fourth-order valence-corrected chi connectivity index (χ4v) is 5.39. The molecule has 2 aliphatic rings. The largest absolute Gasteiger partial charge is 0.368 e. The molecule has 3 heterocycles. The Bertz CT molecular complexity index is 1450. The molecule has 1 aromatic heterocycles. The van der Waals surface area contributed by atoms with E-state index in [1.165, 1.54) is 6.07 Å². The van der Waals surface area contributed by atoms with Gasteiger partial charge < -0.3 is 14.8 Å². The molecule has 6 heteroatoms. The molecule has 3 aromatic carbocycles. The molecule has 33 heavy (non-hydrogen) atoms. The number of hydrogen-bond donors (Lipinski definition) is 1. The maximum atomic E-state index is 13.5. The number of carbonyl (C=O) groups is 1. The lowest BCUT2D eigenvalue weighted by atomic mass is 10.0. The summed E-state index contributed by atoms with van der Waals surface area (Å²) in [6.07, 6.45) is 2.62. The number of piperidine rings is 1. The van der Waals surface area contributed by atoms with Gasteiger partial charge in [0.25, 0.3) is 5.91 Å². The van der Waals surface area contributed by atoms with E-state index < -0.39 is 0 Å². The van der Waals surface area contributed by atoms with Gasteiger partial charge in [0.2, 0.25) is 0 Å². The van der Waals surface area contributed by atoms with Gasteiger partial charge in [-0.2, -0.15) is 0 Å². The number of carbonyl (C=O) groups excluding carboxylic acids is 1. The summed E-state index contributed by atoms with van der Waals surface area (Å²) >= 11 is 0. The number of nitrogens with zero attached hydrogens (tertiary/aromatic N) is 2. The number of anilines is 1. The minimum atomic E-state index is -0.182. The summed E-state index contributed by atoms with van der Waals surface area (Å²) in [6, 6.07) is 18.2. The smallest absolute Gasteiger partial charge is 0.253 e. The Labute approximate surface area is 190 Å². The summed E-state index contributed by atoms with van der Waals surface area (Å²) in [5.74, 6) is -0.218. The summed E-state index contributed by atoms with van der Waals surface area (Å²) in [4.78, 5) is 33.8. The third-order valence-corrected chi connectivity index (χ3v) is 7.12. The second-order valence-electron chi connectivity index (χ2n) is 9.00. The maximum Gasteiger partial charge on any atom is 0.253 e. The van der Waals surface area contributed by atoms with Gasteiger partial charge in [0.05, 0.1) is 0 Å². The van der Waals surface area contributed by atoms with Gasteiger partial charge in [-0.1, -0.05) is 12.1 Å². The van der Waals surface area contributed by atoms with Crippen molar-refractivity contribution >= 4 is 33.4 Å². The van der Waals surface area contributed by atoms with Crippen LogP contribution >= 0.6 is 0 Å². The molecule has 1 amide bonds. The molecule has 6 rings (SSSR count). The van der Waals surface area contributed by atoms with Crippen LogP contribution in [0.3, 0.4) is 0 Å². The normalized spacial score (nSPS) is 16.5. The predicted molar refractivity (Wildman–Crippen MR) is 128 cm³/mol. The van der Waals surface area contributed by atoms with Crippen molar-refractivity contribution in [3.05, 3.63) is 87.8 Å². The van der Waals surface area contributed by atoms with Crippen LogP contribution in [-0.2, 0) is 6.42 Å². The number of hydrogen-bond acceptors (Lipinski definition) is 3. The molecule has 0 spiro atoms. The monoisotopic (exact) mass is 441 g/mol. The lowest BCUT2D eigenvalue weighted by Crippen LogP contribution is -2.46. The molecular weight excluding hydrogens is 417 g/mol. The van der Waals surface area contributed by atoms with E-state index in [0.717, 1.165) is 48.1 Å². The zero-order valence-corrected chi connectivity index (χ0v) is 18.2. The molecule has 0 saturated carbocycles. The third-order valence-electron chi connectivity index (χ3n) is 7.12. The molecule has 0 bridgehead atoms. The van der Waals surface area contributed by atoms with Crippen LogP contribution in [0.1, 0.15) is 28.8 Å². The van der Waals surface area contributed by atoms with Gasteiger partial charge in [-0.15, -0.1) is 0 Å². The number of benzene rings is 3. The molecule has 1 N–H and O–H groups in total. The molecule has 5 nitrogen and oxygen atoms in total. The third kappa shape index (κ3) is 3.37. The number of fused-ring (bicyclic) bond motifs is 3. The van der Waals surface area contributed by atoms with Gasteiger partial charge in [0.15, 0.2) is 5.43 Å². The number of amides is 1. The van der Waals surface area contributed by atoms with Gasteiger partial charge in [-0.25, -0.2) is 4.39 Å². The fraction of sp³-hybridized carbons (Fsp3) is 0.259. The summed E-state index contributed by atoms with van der Waals surface area (Å²) < 4.78 is 13.5. The number of halogens is 1. The molecule has 0 radical (unpaired) electrons. The van der Waals surface area contributed by atoms with Crippen LogP contribution in [0.2, 0.25) is 0 Å². The summed E-state index contributed by atoms with van der Waals surface area (Å²) in [5.41, 5.74) is 4.21. The molecular formula is C27H24FN3O2. The number of H-pyrrole nitrogens is 1. The van der Waals surface area contributed by atoms with Crippen molar-refractivity contribution in [2.75, 3.05) is 24.5 Å². The Morgan fingerprint density at radius 1 is 0.909 bits per heavy atom. The van der Waals surface area contributed by atoms with Crippen molar-refractivity contribution in [2.45, 2.75) is 25.3 Å². The first-order valence-electron chi connectivity index (χ1n) is 11.5. The van der Waals surface area contributed by atoms with E-state index in [-0.39, 0.29) is 17.2 Å². The van der Waals surface area contributed by atoms with E-state index in [1.807, 2.05) is 35.2 Å². The number of rotatable bonds is 2. The highest BCUT2D eigenvalue weighted by molar-refractivity contribution is 6.00. The van der Waals surface area contributed by atoms with E-state index in [4.69, 9.17) is 0 Å². The van der Waals surface area contributed by atoms with Crippen molar-refractivity contribution < 1.29 is 9.18 Å². The molecule has 2 aliphatic heterocycles. The second kappa shape index (κ2) is 7.73. The molecule has 0 unspecified atom stereocenters. The maximum absolute atomic E-state index is 13.5. The van der Waals surface area contributed by atoms with Crippen LogP contribution in [0.25, 0.3) is 21.8 Å². The Morgan fingerprint density at radius 3 is 2.55 bits per heavy atom. The van der Waals surface area contributed by atoms with Crippen LogP contribution in [0.15, 0.2) is 65.5 Å². The zero-order valence-electron chi connectivity index (χ0n) is 18.2. The average Bonchev–Trinajstić information content (AvgIpc) is 3.27. The highest BCUT2D eigenvalue weighted by Crippen LogP contribution is 2.33. The van der Waals surface area contributed by atoms with Crippen LogP contribution in [-0.4, -0.2) is 41.5 Å². The van der Waals surface area contributed by atoms with Crippen LogP contribution in [0, 0.1) is 5.82 Å². The average molecular weight is 442 g/mol. The van der Waals surface area contributed by atoms with E-state index in [1.54, 1.807) is 24.3 Å². The first kappa shape index (κ1) is 20.0. The molecule has 166 valence electrons. The fourth-order valence-electron chi connectivity index (χ4n) is 5.39. The Hall–Kier alpha value is -3.67. The van der Waals surface area contributed by atoms with Crippen molar-refractivity contribution in [2.24, 2.45) is 0 Å². The number of aromatic nitrogens is 1. The standard InChI is InChI=1S/C27H24FN3O2/c28-19-6-8-25-17(15-19)9-14-31(25)20-10-12-30(13-11-20)27(33)18-5-7-24-22(16-18)26(32)21-3-1-2-4-23(21)29-24/h1-8,15-16,20H,9-14H2,(H,29,32). The van der Waals surface area contributed by atoms with E-state index in [0.29, 0.717) is 35.5 Å². The van der Waals surface area contributed by atoms with Crippen LogP contribution in [0.4, 0.5) is 10.1 Å². The molecule has 0 aliphatic carbocycles. The van der Waals surface area contributed by atoms with E-state index in [9.17, 15) is 14.0 Å². The summed E-state index contributed by atoms with van der Waals surface area (Å²) in [7, 11) is 0. The van der Waals surface area contributed by atoms with Gasteiger partial charge in [-0.05, 0) is 73.4 Å². The topological polar surface area (TPSA) is 56.4 Å². The summed E-state index contributed by atoms with van der Waals surface area (Å²) in [6.45, 7) is 2.24. The van der Waals surface area contributed by atoms with Crippen molar-refractivity contribution in [3.8, 4) is 0 Å². The minimum Gasteiger partial charge on any atom is -0.368 e. The van der Waals surface area contributed by atoms with Gasteiger partial charge in [0, 0.05) is 58.7 Å². The van der Waals surface area contributed by atoms with Gasteiger partial charge in [0.1, 0.15) is 5.82 Å². The number of pyridine rings is 1. The highest BCUT2D eigenvalue weighted by atomic mass is 19.1. The minimum absolute atomic E-state index is 0.0354. The van der Waals surface area contributed by atoms with E-state index >= 15 is 0 Å². The first-order chi connectivity index (χ1) is 16.1. The molecule has 1 fully saturated rings. The van der Waals surface area contributed by atoms with Crippen molar-refractivity contribution in [3.63, 3.8) is 0 Å². The highest BCUT2D eigenvalue weighted by Gasteiger charge is 2.31. The lowest BCUT2D eigenvalue weighted by molar-refractivity contribution is 0.0713. The molecule has 0 atom stereocenters. The number of para-hydroxylation sites is 1. The Morgan fingerprint density at radius 2 is 1.70 bits per heavy atom. The van der Waals surface area contributed by atoms with Gasteiger partial charge >= 0.3 is 0 Å². The van der Waals surface area contributed by atoms with Crippen LogP contribution < -0.4 is 10.3 Å². The first-order valence-corrected chi connectivity index (χ1v) is 11.5. The number of nitrogens with one attached hydrogen (secondary N) is 1. The van der Waals surface area contributed by atoms with Gasteiger partial charge in [-0.3, -0.25) is 9.59 Å². The Kier molecular flexibility index (Phi) is 4.68. The SMILES string of the molecule is O=C(c1ccc2[nH]c3ccccc3c(=O)c2c1)N1CCC(N2CCc3cc(F)ccc32)CC1. The number of likely N-dealkylation sites (tertiary alicyclic amines) is 1. The lowest BCUT2D eigenvalue weighted by Gasteiger charge is -2.38. The van der Waals surface area contributed by atoms with Crippen LogP contribution in [0.5, 0.6) is 0 Å². The van der Waals surface area contributed by atoms with Crippen molar-refractivity contribution in [1.29, 1.82) is 0 Å². The second-order valence-corrected chi connectivity index (χ2v) is 9.00. The Balaban J connectivity index is 1.21. The number of aromatic amines is 1. The zero-order chi connectivity index (χ0) is 22.5. The predicted octanol–water partition coefficient (Wildman–Crippen LogP) is 4.49.